The summed E-state index contributed by atoms with van der Waals surface area (Å²) in [7, 11) is 0. The predicted molar refractivity (Wildman–Crippen MR) is 70.8 cm³/mol. The van der Waals surface area contributed by atoms with E-state index in [-0.39, 0.29) is 36.9 Å². The molecule has 0 spiro atoms. The van der Waals surface area contributed by atoms with Gasteiger partial charge in [0.15, 0.2) is 0 Å². The van der Waals surface area contributed by atoms with Gasteiger partial charge in [-0.2, -0.15) is 0 Å². The van der Waals surface area contributed by atoms with E-state index in [4.69, 9.17) is 10.2 Å². The summed E-state index contributed by atoms with van der Waals surface area (Å²) in [5.74, 6) is -0.708. The minimum Gasteiger partial charge on any atom is -0.481 e. The van der Waals surface area contributed by atoms with E-state index in [1.807, 2.05) is 13.8 Å². The normalized spacial score (nSPS) is 21.3. The van der Waals surface area contributed by atoms with E-state index in [2.05, 4.69) is 5.32 Å². The molecule has 19 heavy (non-hydrogen) atoms. The van der Waals surface area contributed by atoms with Gasteiger partial charge < -0.3 is 20.4 Å². The highest BCUT2D eigenvalue weighted by molar-refractivity contribution is 5.76. The number of aliphatic carboxylic acids is 1. The molecule has 3 N–H and O–H groups in total. The van der Waals surface area contributed by atoms with Crippen molar-refractivity contribution >= 4 is 12.0 Å². The van der Waals surface area contributed by atoms with E-state index in [1.165, 1.54) is 0 Å². The Morgan fingerprint density at radius 2 is 2.11 bits per heavy atom. The minimum absolute atomic E-state index is 0.0680. The second-order valence-electron chi connectivity index (χ2n) is 5.53. The van der Waals surface area contributed by atoms with Gasteiger partial charge >= 0.3 is 12.0 Å². The summed E-state index contributed by atoms with van der Waals surface area (Å²) >= 11 is 0. The standard InChI is InChI=1S/C13H24N2O4/c1-9(2)11(6-12(17)18)14-13(19)15-5-3-4-10(7-15)8-16/h9-11,16H,3-8H2,1-2H3,(H,14,19)(H,17,18). The Balaban J connectivity index is 2.53. The number of aliphatic hydroxyl groups is 1. The van der Waals surface area contributed by atoms with Crippen LogP contribution in [0.3, 0.4) is 0 Å². The molecule has 2 atom stereocenters. The second kappa shape index (κ2) is 7.33. The van der Waals surface area contributed by atoms with Gasteiger partial charge in [-0.1, -0.05) is 13.8 Å². The lowest BCUT2D eigenvalue weighted by molar-refractivity contribution is -0.137. The van der Waals surface area contributed by atoms with Crippen molar-refractivity contribution in [2.24, 2.45) is 11.8 Å². The fourth-order valence-corrected chi connectivity index (χ4v) is 2.29. The molecule has 110 valence electrons. The SMILES string of the molecule is CC(C)C(CC(=O)O)NC(=O)N1CCCC(CO)C1. The zero-order valence-electron chi connectivity index (χ0n) is 11.6. The highest BCUT2D eigenvalue weighted by atomic mass is 16.4. The summed E-state index contributed by atoms with van der Waals surface area (Å²) in [4.78, 5) is 24.5. The van der Waals surface area contributed by atoms with E-state index in [0.29, 0.717) is 13.1 Å². The summed E-state index contributed by atoms with van der Waals surface area (Å²) in [6.07, 6.45) is 1.74. The van der Waals surface area contributed by atoms with E-state index in [9.17, 15) is 9.59 Å². The number of hydrogen-bond donors (Lipinski definition) is 3. The fourth-order valence-electron chi connectivity index (χ4n) is 2.29. The van der Waals surface area contributed by atoms with Crippen LogP contribution in [0.15, 0.2) is 0 Å². The van der Waals surface area contributed by atoms with Crippen LogP contribution in [0.1, 0.15) is 33.1 Å². The van der Waals surface area contributed by atoms with Gasteiger partial charge in [0.1, 0.15) is 0 Å². The zero-order chi connectivity index (χ0) is 14.4. The van der Waals surface area contributed by atoms with Crippen LogP contribution >= 0.6 is 0 Å². The van der Waals surface area contributed by atoms with E-state index in [0.717, 1.165) is 12.8 Å². The first-order chi connectivity index (χ1) is 8.93. The Labute approximate surface area is 113 Å². The number of rotatable bonds is 5. The van der Waals surface area contributed by atoms with Crippen LogP contribution in [-0.4, -0.2) is 52.9 Å². The number of hydrogen-bond acceptors (Lipinski definition) is 3. The summed E-state index contributed by atoms with van der Waals surface area (Å²) in [5, 5.41) is 20.8. The summed E-state index contributed by atoms with van der Waals surface area (Å²) in [6, 6.07) is -0.586. The van der Waals surface area contributed by atoms with Gasteiger partial charge in [-0.15, -0.1) is 0 Å². The van der Waals surface area contributed by atoms with Crippen molar-refractivity contribution in [1.29, 1.82) is 0 Å². The first-order valence-electron chi connectivity index (χ1n) is 6.82. The van der Waals surface area contributed by atoms with E-state index in [1.54, 1.807) is 4.90 Å². The van der Waals surface area contributed by atoms with E-state index < -0.39 is 5.97 Å². The molecule has 0 aliphatic carbocycles. The molecular formula is C13H24N2O4. The van der Waals surface area contributed by atoms with Crippen molar-refractivity contribution in [3.63, 3.8) is 0 Å². The number of urea groups is 1. The molecule has 1 saturated heterocycles. The highest BCUT2D eigenvalue weighted by Crippen LogP contribution is 2.16. The molecular weight excluding hydrogens is 248 g/mol. The van der Waals surface area contributed by atoms with Crippen molar-refractivity contribution in [1.82, 2.24) is 10.2 Å². The lowest BCUT2D eigenvalue weighted by Gasteiger charge is -2.33. The zero-order valence-corrected chi connectivity index (χ0v) is 11.6. The lowest BCUT2D eigenvalue weighted by Crippen LogP contribution is -2.50. The monoisotopic (exact) mass is 272 g/mol. The van der Waals surface area contributed by atoms with Crippen molar-refractivity contribution in [2.75, 3.05) is 19.7 Å². The molecule has 1 rings (SSSR count). The highest BCUT2D eigenvalue weighted by Gasteiger charge is 2.26. The van der Waals surface area contributed by atoms with Gasteiger partial charge in [0.05, 0.1) is 6.42 Å². The summed E-state index contributed by atoms with van der Waals surface area (Å²) in [6.45, 7) is 5.08. The third kappa shape index (κ3) is 5.06. The number of nitrogens with zero attached hydrogens (tertiary/aromatic N) is 1. The average Bonchev–Trinajstić information content (AvgIpc) is 2.37. The Hall–Kier alpha value is -1.30. The third-order valence-corrected chi connectivity index (χ3v) is 3.57. The number of carboxylic acids is 1. The van der Waals surface area contributed by atoms with Gasteiger partial charge in [-0.05, 0) is 24.7 Å². The number of likely N-dealkylation sites (tertiary alicyclic amines) is 1. The van der Waals surface area contributed by atoms with Gasteiger partial charge in [0.2, 0.25) is 0 Å². The second-order valence-corrected chi connectivity index (χ2v) is 5.53. The lowest BCUT2D eigenvalue weighted by atomic mass is 9.99. The van der Waals surface area contributed by atoms with Crippen molar-refractivity contribution in [2.45, 2.75) is 39.2 Å². The van der Waals surface area contributed by atoms with Gasteiger partial charge in [-0.3, -0.25) is 4.79 Å². The van der Waals surface area contributed by atoms with E-state index >= 15 is 0 Å². The molecule has 0 bridgehead atoms. The number of carbonyl (C=O) groups is 2. The van der Waals surface area contributed by atoms with Crippen molar-refractivity contribution in [3.05, 3.63) is 0 Å². The molecule has 0 radical (unpaired) electrons. The molecule has 6 nitrogen and oxygen atoms in total. The Morgan fingerprint density at radius 1 is 1.42 bits per heavy atom. The quantitative estimate of drug-likeness (QED) is 0.693. The Bertz CT molecular complexity index is 320. The molecule has 1 fully saturated rings. The molecule has 0 aromatic carbocycles. The first-order valence-corrected chi connectivity index (χ1v) is 6.82. The fraction of sp³-hybridized carbons (Fsp3) is 0.846. The number of aliphatic hydroxyl groups excluding tert-OH is 1. The Morgan fingerprint density at radius 3 is 2.63 bits per heavy atom. The minimum atomic E-state index is -0.911. The first kappa shape index (κ1) is 15.8. The van der Waals surface area contributed by atoms with Crippen LogP contribution in [0.4, 0.5) is 4.79 Å². The third-order valence-electron chi connectivity index (χ3n) is 3.57. The number of nitrogens with one attached hydrogen (secondary N) is 1. The Kier molecular flexibility index (Phi) is 6.08. The molecule has 2 unspecified atom stereocenters. The smallest absolute Gasteiger partial charge is 0.317 e. The van der Waals surface area contributed by atoms with Crippen LogP contribution in [0.2, 0.25) is 0 Å². The predicted octanol–water partition coefficient (Wildman–Crippen LogP) is 0.900. The van der Waals surface area contributed by atoms with Crippen LogP contribution in [0.5, 0.6) is 0 Å². The summed E-state index contributed by atoms with van der Waals surface area (Å²) in [5.41, 5.74) is 0. The molecule has 1 heterocycles. The molecule has 6 heteroatoms. The van der Waals surface area contributed by atoms with Crippen LogP contribution < -0.4 is 5.32 Å². The maximum Gasteiger partial charge on any atom is 0.317 e. The van der Waals surface area contributed by atoms with Crippen molar-refractivity contribution in [3.8, 4) is 0 Å². The average molecular weight is 272 g/mol. The maximum atomic E-state index is 12.1. The number of piperidine rings is 1. The number of amides is 2. The van der Waals surface area contributed by atoms with Crippen molar-refractivity contribution < 1.29 is 19.8 Å². The number of carboxylic acid groups (broad SMARTS) is 1. The van der Waals surface area contributed by atoms with Crippen LogP contribution in [0, 0.1) is 11.8 Å². The van der Waals surface area contributed by atoms with Crippen LogP contribution in [0.25, 0.3) is 0 Å². The van der Waals surface area contributed by atoms with Gasteiger partial charge in [0, 0.05) is 25.7 Å². The molecule has 0 saturated carbocycles. The molecule has 0 aromatic heterocycles. The topological polar surface area (TPSA) is 89.9 Å². The summed E-state index contributed by atoms with van der Waals surface area (Å²) < 4.78 is 0. The molecule has 2 amide bonds. The number of carbonyl (C=O) groups excluding carboxylic acids is 1. The molecule has 0 aromatic rings. The van der Waals surface area contributed by atoms with Gasteiger partial charge in [0.25, 0.3) is 0 Å². The molecule has 1 aliphatic heterocycles. The molecule has 1 aliphatic rings. The maximum absolute atomic E-state index is 12.1. The van der Waals surface area contributed by atoms with Crippen LogP contribution in [-0.2, 0) is 4.79 Å². The largest absolute Gasteiger partial charge is 0.481 e. The van der Waals surface area contributed by atoms with Gasteiger partial charge in [-0.25, -0.2) is 4.79 Å².